The maximum absolute atomic E-state index is 12.2. The predicted molar refractivity (Wildman–Crippen MR) is 75.4 cm³/mol. The van der Waals surface area contributed by atoms with E-state index < -0.39 is 44.8 Å². The summed E-state index contributed by atoms with van der Waals surface area (Å²) in [4.78, 5) is 16.6. The van der Waals surface area contributed by atoms with Crippen molar-refractivity contribution in [2.24, 2.45) is 0 Å². The Kier molecular flexibility index (Phi) is 4.83. The summed E-state index contributed by atoms with van der Waals surface area (Å²) in [6, 6.07) is 5.30. The lowest BCUT2D eigenvalue weighted by molar-refractivity contribution is -0.153. The van der Waals surface area contributed by atoms with E-state index in [4.69, 9.17) is 5.11 Å². The summed E-state index contributed by atoms with van der Waals surface area (Å²) in [7, 11) is -4.17. The molecule has 0 fully saturated rings. The van der Waals surface area contributed by atoms with Gasteiger partial charge in [-0.05, 0) is 6.07 Å². The molecule has 130 valence electrons. The van der Waals surface area contributed by atoms with E-state index in [-0.39, 0.29) is 11.3 Å². The maximum Gasteiger partial charge on any atom is 0.422 e. The predicted octanol–water partition coefficient (Wildman–Crippen LogP) is 1.39. The van der Waals surface area contributed by atoms with Crippen molar-refractivity contribution in [3.8, 4) is 11.5 Å². The van der Waals surface area contributed by atoms with Crippen LogP contribution in [-0.2, 0) is 15.6 Å². The number of aromatic nitrogens is 2. The highest BCUT2D eigenvalue weighted by molar-refractivity contribution is 7.90. The van der Waals surface area contributed by atoms with E-state index in [1.807, 2.05) is 4.98 Å². The number of ether oxygens (including phenoxy) is 1. The molecule has 0 unspecified atom stereocenters. The van der Waals surface area contributed by atoms with E-state index in [1.165, 1.54) is 24.3 Å². The molecule has 0 radical (unpaired) electrons. The Morgan fingerprint density at radius 1 is 1.25 bits per heavy atom. The Labute approximate surface area is 133 Å². The number of para-hydroxylation sites is 1. The Morgan fingerprint density at radius 2 is 1.92 bits per heavy atom. The third-order valence-corrected chi connectivity index (χ3v) is 4.25. The second-order valence-corrected chi connectivity index (χ2v) is 6.58. The van der Waals surface area contributed by atoms with Gasteiger partial charge in [0.05, 0.1) is 11.9 Å². The van der Waals surface area contributed by atoms with E-state index in [0.717, 1.165) is 0 Å². The number of halogens is 3. The van der Waals surface area contributed by atoms with Crippen molar-refractivity contribution < 1.29 is 31.4 Å². The van der Waals surface area contributed by atoms with Gasteiger partial charge in [-0.3, -0.25) is 9.78 Å². The van der Waals surface area contributed by atoms with E-state index in [1.54, 1.807) is 0 Å². The molecular weight excluding hydrogens is 353 g/mol. The molecule has 0 spiro atoms. The molecule has 1 aromatic heterocycles. The van der Waals surface area contributed by atoms with Crippen molar-refractivity contribution in [1.82, 2.24) is 9.97 Å². The van der Waals surface area contributed by atoms with Gasteiger partial charge in [0.1, 0.15) is 5.75 Å². The molecule has 2 rings (SSSR count). The number of nitrogens with zero attached hydrogens (tertiary/aromatic N) is 1. The number of hydrogen-bond donors (Lipinski definition) is 2. The van der Waals surface area contributed by atoms with E-state index in [0.29, 0.717) is 6.20 Å². The Bertz CT molecular complexity index is 893. The third-order valence-electron chi connectivity index (χ3n) is 2.76. The molecule has 0 aliphatic heterocycles. The van der Waals surface area contributed by atoms with Crippen LogP contribution in [0.2, 0.25) is 0 Å². The van der Waals surface area contributed by atoms with Gasteiger partial charge in [-0.25, -0.2) is 13.4 Å². The van der Waals surface area contributed by atoms with Crippen molar-refractivity contribution >= 4 is 9.84 Å². The molecular formula is C13H11F3N2O5S. The zero-order valence-corrected chi connectivity index (χ0v) is 12.7. The van der Waals surface area contributed by atoms with Gasteiger partial charge in [-0.1, -0.05) is 18.2 Å². The first-order valence-corrected chi connectivity index (χ1v) is 8.02. The standard InChI is InChI=1S/C13H11F3N2O5S/c14-13(15,16)7-23-10-4-2-1-3-8(10)6-24(21,22)12-17-5-9(19)11(20)18-12/h1-5,19H,6-7H2,(H,17,18,20). The molecule has 0 bridgehead atoms. The molecule has 2 N–H and O–H groups in total. The third kappa shape index (κ3) is 4.47. The average molecular weight is 364 g/mol. The van der Waals surface area contributed by atoms with Gasteiger partial charge in [0.15, 0.2) is 12.4 Å². The molecule has 0 saturated heterocycles. The van der Waals surface area contributed by atoms with Crippen LogP contribution in [0.15, 0.2) is 40.4 Å². The number of H-pyrrole nitrogens is 1. The van der Waals surface area contributed by atoms with Crippen molar-refractivity contribution in [3.63, 3.8) is 0 Å². The fourth-order valence-electron chi connectivity index (χ4n) is 1.73. The lowest BCUT2D eigenvalue weighted by Crippen LogP contribution is -2.20. The van der Waals surface area contributed by atoms with Crippen LogP contribution in [0.25, 0.3) is 0 Å². The van der Waals surface area contributed by atoms with Crippen LogP contribution in [0.1, 0.15) is 5.56 Å². The zero-order valence-electron chi connectivity index (χ0n) is 11.9. The Hall–Kier alpha value is -2.56. The first-order chi connectivity index (χ1) is 11.1. The molecule has 2 aromatic rings. The van der Waals surface area contributed by atoms with Gasteiger partial charge in [-0.15, -0.1) is 0 Å². The summed E-state index contributed by atoms with van der Waals surface area (Å²) in [6.45, 7) is -1.57. The molecule has 0 aliphatic carbocycles. The number of aromatic hydroxyl groups is 1. The summed E-state index contributed by atoms with van der Waals surface area (Å²) >= 11 is 0. The highest BCUT2D eigenvalue weighted by Crippen LogP contribution is 2.25. The molecule has 0 amide bonds. The van der Waals surface area contributed by atoms with E-state index >= 15 is 0 Å². The number of aromatic amines is 1. The van der Waals surface area contributed by atoms with E-state index in [2.05, 4.69) is 9.72 Å². The smallest absolute Gasteiger partial charge is 0.422 e. The zero-order chi connectivity index (χ0) is 18.0. The van der Waals surface area contributed by atoms with Gasteiger partial charge in [0.25, 0.3) is 5.56 Å². The fourth-order valence-corrected chi connectivity index (χ4v) is 2.97. The summed E-state index contributed by atoms with van der Waals surface area (Å²) < 4.78 is 65.8. The largest absolute Gasteiger partial charge is 0.502 e. The quantitative estimate of drug-likeness (QED) is 0.776. The normalized spacial score (nSPS) is 12.1. The van der Waals surface area contributed by atoms with Crippen molar-refractivity contribution in [2.45, 2.75) is 17.1 Å². The molecule has 1 heterocycles. The molecule has 0 aliphatic rings. The minimum atomic E-state index is -4.57. The van der Waals surface area contributed by atoms with Gasteiger partial charge in [0, 0.05) is 5.56 Å². The SMILES string of the molecule is O=c1[nH]c(S(=O)(=O)Cc2ccccc2OCC(F)(F)F)ncc1O. The average Bonchev–Trinajstić information content (AvgIpc) is 2.48. The van der Waals surface area contributed by atoms with Gasteiger partial charge in [0.2, 0.25) is 15.0 Å². The molecule has 7 nitrogen and oxygen atoms in total. The summed E-state index contributed by atoms with van der Waals surface area (Å²) in [5.41, 5.74) is -1.08. The first-order valence-electron chi connectivity index (χ1n) is 6.37. The highest BCUT2D eigenvalue weighted by atomic mass is 32.2. The van der Waals surface area contributed by atoms with Crippen LogP contribution in [-0.4, -0.2) is 36.3 Å². The van der Waals surface area contributed by atoms with Gasteiger partial charge < -0.3 is 9.84 Å². The minimum absolute atomic E-state index is 0.0301. The fraction of sp³-hybridized carbons (Fsp3) is 0.231. The number of benzene rings is 1. The van der Waals surface area contributed by atoms with Gasteiger partial charge >= 0.3 is 6.18 Å². The summed E-state index contributed by atoms with van der Waals surface area (Å²) in [5.74, 6) is -1.75. The maximum atomic E-state index is 12.2. The Morgan fingerprint density at radius 3 is 2.54 bits per heavy atom. The number of nitrogens with one attached hydrogen (secondary N) is 1. The Balaban J connectivity index is 2.29. The van der Waals surface area contributed by atoms with Crippen molar-refractivity contribution in [3.05, 3.63) is 46.4 Å². The number of hydrogen-bond acceptors (Lipinski definition) is 6. The monoisotopic (exact) mass is 364 g/mol. The summed E-state index contributed by atoms with van der Waals surface area (Å²) in [6.07, 6.45) is -3.91. The molecule has 0 saturated carbocycles. The second kappa shape index (κ2) is 6.51. The molecule has 24 heavy (non-hydrogen) atoms. The van der Waals surface area contributed by atoms with Crippen LogP contribution < -0.4 is 10.3 Å². The lowest BCUT2D eigenvalue weighted by Gasteiger charge is -2.13. The van der Waals surface area contributed by atoms with Gasteiger partial charge in [-0.2, -0.15) is 13.2 Å². The summed E-state index contributed by atoms with van der Waals surface area (Å²) in [5, 5.41) is 8.35. The van der Waals surface area contributed by atoms with E-state index in [9.17, 15) is 26.4 Å². The van der Waals surface area contributed by atoms with Crippen LogP contribution in [0, 0.1) is 0 Å². The molecule has 0 atom stereocenters. The minimum Gasteiger partial charge on any atom is -0.502 e. The number of rotatable bonds is 5. The number of sulfone groups is 1. The second-order valence-electron chi connectivity index (χ2n) is 4.67. The first kappa shape index (κ1) is 17.8. The molecule has 11 heteroatoms. The van der Waals surface area contributed by atoms with Crippen LogP contribution in [0.3, 0.4) is 0 Å². The number of alkyl halides is 3. The van der Waals surface area contributed by atoms with Crippen LogP contribution in [0.5, 0.6) is 11.5 Å². The lowest BCUT2D eigenvalue weighted by atomic mass is 10.2. The topological polar surface area (TPSA) is 109 Å². The highest BCUT2D eigenvalue weighted by Gasteiger charge is 2.29. The molecule has 1 aromatic carbocycles. The van der Waals surface area contributed by atoms with Crippen molar-refractivity contribution in [2.75, 3.05) is 6.61 Å². The van der Waals surface area contributed by atoms with Crippen LogP contribution in [0.4, 0.5) is 13.2 Å². The van der Waals surface area contributed by atoms with Crippen LogP contribution >= 0.6 is 0 Å². The van der Waals surface area contributed by atoms with Crippen molar-refractivity contribution in [1.29, 1.82) is 0 Å².